The molecular formula is C31H18N4. The molecule has 0 amide bonds. The zero-order valence-electron chi connectivity index (χ0n) is 18.7. The van der Waals surface area contributed by atoms with E-state index in [4.69, 9.17) is 4.98 Å². The number of nitrogens with zero attached hydrogens (tertiary/aromatic N) is 4. The summed E-state index contributed by atoms with van der Waals surface area (Å²) < 4.78 is 2.25. The minimum absolute atomic E-state index is 0.875. The molecule has 0 spiro atoms. The van der Waals surface area contributed by atoms with Gasteiger partial charge in [0.05, 0.1) is 22.9 Å². The van der Waals surface area contributed by atoms with Crippen LogP contribution in [-0.2, 0) is 0 Å². The highest BCUT2D eigenvalue weighted by Crippen LogP contribution is 2.42. The Morgan fingerprint density at radius 1 is 0.543 bits per heavy atom. The highest BCUT2D eigenvalue weighted by atomic mass is 15.1. The van der Waals surface area contributed by atoms with Crippen LogP contribution in [0.1, 0.15) is 0 Å². The largest absolute Gasteiger partial charge is 0.292 e. The van der Waals surface area contributed by atoms with Crippen LogP contribution in [0.25, 0.3) is 71.2 Å². The van der Waals surface area contributed by atoms with E-state index in [1.165, 1.54) is 43.1 Å². The quantitative estimate of drug-likeness (QED) is 0.258. The third-order valence-corrected chi connectivity index (χ3v) is 7.12. The van der Waals surface area contributed by atoms with Gasteiger partial charge in [0.15, 0.2) is 0 Å². The number of aromatic nitrogens is 4. The zero-order valence-corrected chi connectivity index (χ0v) is 18.7. The number of hydrogen-bond acceptors (Lipinski definition) is 3. The van der Waals surface area contributed by atoms with Gasteiger partial charge < -0.3 is 0 Å². The molecule has 0 saturated heterocycles. The molecule has 0 saturated carbocycles. The summed E-state index contributed by atoms with van der Waals surface area (Å²) in [5, 5.41) is 10.1. The third-order valence-electron chi connectivity index (χ3n) is 7.12. The molecule has 8 aromatic rings. The van der Waals surface area contributed by atoms with Gasteiger partial charge in [-0.05, 0) is 68.7 Å². The van der Waals surface area contributed by atoms with Gasteiger partial charge >= 0.3 is 0 Å². The average molecular weight is 447 g/mol. The van der Waals surface area contributed by atoms with Crippen molar-refractivity contribution in [2.45, 2.75) is 0 Å². The number of benzene rings is 4. The van der Waals surface area contributed by atoms with Crippen molar-refractivity contribution >= 4 is 54.1 Å². The standard InChI is InChI=1S/C31H18N4/c1-3-20-7-8-22-17-26-31(24-10-9-21(4-1)29(20)30(22)24)23-13-16-33-18-27(23)35(26)28-6-2-5-25(34-28)19-11-14-32-15-12-19/h1-18H. The van der Waals surface area contributed by atoms with Crippen LogP contribution in [0.3, 0.4) is 0 Å². The average Bonchev–Trinajstić information content (AvgIpc) is 3.26. The maximum Gasteiger partial charge on any atom is 0.138 e. The SMILES string of the molecule is c1cc(-c2ccncc2)nc(-n2c3cnccc3c3c4ccc5cccc6ccc(cc32)c4c65)c1. The van der Waals surface area contributed by atoms with Crippen LogP contribution in [-0.4, -0.2) is 19.5 Å². The molecule has 0 aliphatic rings. The molecule has 4 nitrogen and oxygen atoms in total. The Balaban J connectivity index is 1.54. The molecule has 0 N–H and O–H groups in total. The lowest BCUT2D eigenvalue weighted by Gasteiger charge is -2.13. The summed E-state index contributed by atoms with van der Waals surface area (Å²) in [5.74, 6) is 0.875. The predicted octanol–water partition coefficient (Wildman–Crippen LogP) is 7.53. The second-order valence-corrected chi connectivity index (χ2v) is 8.97. The molecule has 0 atom stereocenters. The maximum atomic E-state index is 5.07. The van der Waals surface area contributed by atoms with E-state index >= 15 is 0 Å². The molecule has 8 rings (SSSR count). The summed E-state index contributed by atoms with van der Waals surface area (Å²) in [6.45, 7) is 0. The number of fused-ring (bicyclic) bond motifs is 4. The van der Waals surface area contributed by atoms with E-state index in [0.717, 1.165) is 28.1 Å². The Morgan fingerprint density at radius 3 is 2.20 bits per heavy atom. The van der Waals surface area contributed by atoms with E-state index in [9.17, 15) is 0 Å². The summed E-state index contributed by atoms with van der Waals surface area (Å²) >= 11 is 0. The molecule has 4 aromatic carbocycles. The first kappa shape index (κ1) is 18.6. The molecule has 162 valence electrons. The summed E-state index contributed by atoms with van der Waals surface area (Å²) in [5.41, 5.74) is 4.15. The van der Waals surface area contributed by atoms with E-state index in [1.54, 1.807) is 12.4 Å². The topological polar surface area (TPSA) is 43.6 Å². The molecule has 4 heterocycles. The summed E-state index contributed by atoms with van der Waals surface area (Å²) in [4.78, 5) is 13.7. The van der Waals surface area contributed by atoms with Crippen molar-refractivity contribution in [3.8, 4) is 17.1 Å². The fraction of sp³-hybridized carbons (Fsp3) is 0. The fourth-order valence-corrected chi connectivity index (χ4v) is 5.64. The molecule has 0 aliphatic heterocycles. The Labute approximate surface area is 200 Å². The van der Waals surface area contributed by atoms with E-state index < -0.39 is 0 Å². The lowest BCUT2D eigenvalue weighted by molar-refractivity contribution is 1.08. The summed E-state index contributed by atoms with van der Waals surface area (Å²) in [7, 11) is 0. The van der Waals surface area contributed by atoms with Crippen molar-refractivity contribution < 1.29 is 0 Å². The lowest BCUT2D eigenvalue weighted by atomic mass is 9.92. The van der Waals surface area contributed by atoms with E-state index in [0.29, 0.717) is 0 Å². The second kappa shape index (κ2) is 6.84. The summed E-state index contributed by atoms with van der Waals surface area (Å²) in [6.07, 6.45) is 7.43. The molecule has 0 fully saturated rings. The normalized spacial score (nSPS) is 12.0. The zero-order chi connectivity index (χ0) is 22.9. The monoisotopic (exact) mass is 446 g/mol. The molecule has 0 radical (unpaired) electrons. The molecule has 4 heteroatoms. The van der Waals surface area contributed by atoms with Gasteiger partial charge in [-0.2, -0.15) is 0 Å². The maximum absolute atomic E-state index is 5.07. The van der Waals surface area contributed by atoms with E-state index in [-0.39, 0.29) is 0 Å². The predicted molar refractivity (Wildman–Crippen MR) is 143 cm³/mol. The molecule has 0 unspecified atom stereocenters. The van der Waals surface area contributed by atoms with Crippen LogP contribution in [0.15, 0.2) is 110 Å². The molecule has 0 aliphatic carbocycles. The van der Waals surface area contributed by atoms with Gasteiger partial charge in [-0.3, -0.25) is 14.5 Å². The van der Waals surface area contributed by atoms with Gasteiger partial charge in [-0.1, -0.05) is 48.5 Å². The van der Waals surface area contributed by atoms with Crippen LogP contribution >= 0.6 is 0 Å². The highest BCUT2D eigenvalue weighted by molar-refractivity contribution is 6.32. The van der Waals surface area contributed by atoms with Gasteiger partial charge in [0.1, 0.15) is 5.82 Å². The van der Waals surface area contributed by atoms with Crippen molar-refractivity contribution in [2.75, 3.05) is 0 Å². The van der Waals surface area contributed by atoms with Crippen molar-refractivity contribution in [3.05, 3.63) is 110 Å². The first-order chi connectivity index (χ1) is 17.4. The molecule has 4 aromatic heterocycles. The van der Waals surface area contributed by atoms with Gasteiger partial charge in [0.2, 0.25) is 0 Å². The van der Waals surface area contributed by atoms with Crippen molar-refractivity contribution in [1.29, 1.82) is 0 Å². The van der Waals surface area contributed by atoms with Crippen LogP contribution in [0, 0.1) is 0 Å². The van der Waals surface area contributed by atoms with Gasteiger partial charge in [0, 0.05) is 34.9 Å². The molecular weight excluding hydrogens is 428 g/mol. The van der Waals surface area contributed by atoms with Crippen molar-refractivity contribution in [3.63, 3.8) is 0 Å². The first-order valence-corrected chi connectivity index (χ1v) is 11.7. The van der Waals surface area contributed by atoms with Crippen LogP contribution < -0.4 is 0 Å². The van der Waals surface area contributed by atoms with Crippen LogP contribution in [0.2, 0.25) is 0 Å². The summed E-state index contributed by atoms with van der Waals surface area (Å²) in [6, 6.07) is 30.1. The van der Waals surface area contributed by atoms with Gasteiger partial charge in [0.25, 0.3) is 0 Å². The molecule has 35 heavy (non-hydrogen) atoms. The van der Waals surface area contributed by atoms with Crippen molar-refractivity contribution in [2.24, 2.45) is 0 Å². The Hall–Kier alpha value is -4.83. The minimum Gasteiger partial charge on any atom is -0.292 e. The highest BCUT2D eigenvalue weighted by Gasteiger charge is 2.19. The molecule has 0 bridgehead atoms. The first-order valence-electron chi connectivity index (χ1n) is 11.7. The Bertz CT molecular complexity index is 2040. The van der Waals surface area contributed by atoms with Crippen molar-refractivity contribution in [1.82, 2.24) is 19.5 Å². The number of pyridine rings is 3. The smallest absolute Gasteiger partial charge is 0.138 e. The second-order valence-electron chi connectivity index (χ2n) is 8.97. The number of rotatable bonds is 2. The van der Waals surface area contributed by atoms with Crippen LogP contribution in [0.4, 0.5) is 0 Å². The third kappa shape index (κ3) is 2.53. The van der Waals surface area contributed by atoms with Crippen LogP contribution in [0.5, 0.6) is 0 Å². The Kier molecular flexibility index (Phi) is 3.63. The fourth-order valence-electron chi connectivity index (χ4n) is 5.64. The number of hydrogen-bond donors (Lipinski definition) is 0. The van der Waals surface area contributed by atoms with E-state index in [1.807, 2.05) is 30.6 Å². The lowest BCUT2D eigenvalue weighted by Crippen LogP contribution is -1.99. The van der Waals surface area contributed by atoms with Gasteiger partial charge in [-0.15, -0.1) is 0 Å². The minimum atomic E-state index is 0.875. The van der Waals surface area contributed by atoms with E-state index in [2.05, 4.69) is 81.3 Å². The Morgan fingerprint density at radius 2 is 1.31 bits per heavy atom. The van der Waals surface area contributed by atoms with Gasteiger partial charge in [-0.25, -0.2) is 4.98 Å².